The van der Waals surface area contributed by atoms with E-state index in [-0.39, 0.29) is 5.54 Å². The van der Waals surface area contributed by atoms with Crippen molar-refractivity contribution in [3.63, 3.8) is 0 Å². The summed E-state index contributed by atoms with van der Waals surface area (Å²) < 4.78 is 7.78. The first kappa shape index (κ1) is 12.2. The summed E-state index contributed by atoms with van der Waals surface area (Å²) in [5.41, 5.74) is 4.40. The van der Waals surface area contributed by atoms with Gasteiger partial charge in [0.15, 0.2) is 0 Å². The average Bonchev–Trinajstić information content (AvgIpc) is 3.04. The lowest BCUT2D eigenvalue weighted by Gasteiger charge is -2.35. The number of ether oxygens (including phenoxy) is 1. The van der Waals surface area contributed by atoms with E-state index in [1.807, 2.05) is 0 Å². The molecule has 4 nitrogen and oxygen atoms in total. The first-order valence-corrected chi connectivity index (χ1v) is 7.37. The number of aromatic nitrogens is 1. The summed E-state index contributed by atoms with van der Waals surface area (Å²) in [6.45, 7) is 3.18. The molecule has 0 bridgehead atoms. The minimum Gasteiger partial charge on any atom is -0.497 e. The predicted molar refractivity (Wildman–Crippen MR) is 80.3 cm³/mol. The van der Waals surface area contributed by atoms with Gasteiger partial charge in [-0.1, -0.05) is 0 Å². The molecule has 0 amide bonds. The van der Waals surface area contributed by atoms with E-state index in [2.05, 4.69) is 40.4 Å². The number of methoxy groups -OCH3 is 1. The second kappa shape index (κ2) is 4.24. The molecule has 2 aromatic rings. The summed E-state index contributed by atoms with van der Waals surface area (Å²) in [7, 11) is 3.93. The van der Waals surface area contributed by atoms with Crippen LogP contribution in [0.5, 0.6) is 5.75 Å². The Labute approximate surface area is 119 Å². The van der Waals surface area contributed by atoms with Gasteiger partial charge in [0.25, 0.3) is 0 Å². The van der Waals surface area contributed by atoms with E-state index in [9.17, 15) is 0 Å². The van der Waals surface area contributed by atoms with E-state index >= 15 is 0 Å². The second-order valence-electron chi connectivity index (χ2n) is 5.95. The number of nitrogens with zero attached hydrogens (tertiary/aromatic N) is 1. The molecular weight excluding hydrogens is 250 g/mol. The van der Waals surface area contributed by atoms with Crippen LogP contribution in [0.25, 0.3) is 10.9 Å². The maximum absolute atomic E-state index is 5.40. The Morgan fingerprint density at radius 2 is 2.20 bits per heavy atom. The van der Waals surface area contributed by atoms with Crippen LogP contribution >= 0.6 is 0 Å². The Morgan fingerprint density at radius 1 is 1.30 bits per heavy atom. The molecule has 20 heavy (non-hydrogen) atoms. The molecule has 1 saturated heterocycles. The molecule has 1 fully saturated rings. The number of fused-ring (bicyclic) bond motifs is 4. The third kappa shape index (κ3) is 1.49. The van der Waals surface area contributed by atoms with Crippen molar-refractivity contribution in [2.45, 2.75) is 18.4 Å². The van der Waals surface area contributed by atoms with Gasteiger partial charge < -0.3 is 19.9 Å². The largest absolute Gasteiger partial charge is 0.497 e. The summed E-state index contributed by atoms with van der Waals surface area (Å²) in [5.74, 6) is 0.947. The quantitative estimate of drug-likeness (QED) is 0.826. The van der Waals surface area contributed by atoms with Crippen LogP contribution in [-0.4, -0.2) is 31.3 Å². The molecule has 0 saturated carbocycles. The lowest BCUT2D eigenvalue weighted by atomic mass is 9.86. The molecule has 2 aliphatic heterocycles. The van der Waals surface area contributed by atoms with Crippen LogP contribution < -0.4 is 15.4 Å². The lowest BCUT2D eigenvalue weighted by Crippen LogP contribution is -2.49. The molecule has 1 aromatic carbocycles. The van der Waals surface area contributed by atoms with E-state index in [4.69, 9.17) is 4.74 Å². The molecule has 1 atom stereocenters. The number of benzene rings is 1. The highest BCUT2D eigenvalue weighted by atomic mass is 16.5. The molecule has 0 radical (unpaired) electrons. The Hall–Kier alpha value is -1.52. The monoisotopic (exact) mass is 271 g/mol. The zero-order valence-electron chi connectivity index (χ0n) is 12.1. The zero-order valence-corrected chi connectivity index (χ0v) is 12.1. The topological polar surface area (TPSA) is 38.2 Å². The zero-order chi connectivity index (χ0) is 13.7. The van der Waals surface area contributed by atoms with Crippen LogP contribution in [0.15, 0.2) is 18.2 Å². The highest BCUT2D eigenvalue weighted by Crippen LogP contribution is 2.39. The van der Waals surface area contributed by atoms with Crippen molar-refractivity contribution >= 4 is 10.9 Å². The van der Waals surface area contributed by atoms with Gasteiger partial charge in [-0.2, -0.15) is 0 Å². The maximum atomic E-state index is 5.40. The number of hydrogen-bond acceptors (Lipinski definition) is 3. The molecule has 1 aromatic heterocycles. The van der Waals surface area contributed by atoms with Crippen molar-refractivity contribution in [1.29, 1.82) is 0 Å². The fourth-order valence-electron chi connectivity index (χ4n) is 4.05. The van der Waals surface area contributed by atoms with Crippen molar-refractivity contribution in [2.75, 3.05) is 26.7 Å². The van der Waals surface area contributed by atoms with Crippen LogP contribution in [0, 0.1) is 0 Å². The van der Waals surface area contributed by atoms with E-state index in [0.717, 1.165) is 31.8 Å². The molecular formula is C16H21N3O. The number of rotatable bonds is 1. The molecule has 1 unspecified atom stereocenters. The Morgan fingerprint density at radius 3 is 2.95 bits per heavy atom. The van der Waals surface area contributed by atoms with Gasteiger partial charge >= 0.3 is 0 Å². The number of aryl methyl sites for hydroxylation is 1. The van der Waals surface area contributed by atoms with Gasteiger partial charge in [0, 0.05) is 36.7 Å². The standard InChI is InChI=1S/C16H21N3O/c1-19-14-4-3-11(20-2)9-13(14)12-5-7-18-16(15(12)19)6-8-17-10-16/h3-4,9,17-18H,5-8,10H2,1-2H3. The van der Waals surface area contributed by atoms with E-state index < -0.39 is 0 Å². The Bertz CT molecular complexity index is 668. The van der Waals surface area contributed by atoms with Crippen LogP contribution in [0.3, 0.4) is 0 Å². The fourth-order valence-corrected chi connectivity index (χ4v) is 4.05. The van der Waals surface area contributed by atoms with E-state index in [0.29, 0.717) is 0 Å². The van der Waals surface area contributed by atoms with Gasteiger partial charge in [-0.25, -0.2) is 0 Å². The predicted octanol–water partition coefficient (Wildman–Crippen LogP) is 1.52. The average molecular weight is 271 g/mol. The van der Waals surface area contributed by atoms with Crippen LogP contribution in [-0.2, 0) is 19.0 Å². The third-order valence-electron chi connectivity index (χ3n) is 4.96. The summed E-state index contributed by atoms with van der Waals surface area (Å²) >= 11 is 0. The van der Waals surface area contributed by atoms with Crippen LogP contribution in [0.4, 0.5) is 0 Å². The normalized spacial score (nSPS) is 25.3. The van der Waals surface area contributed by atoms with Crippen molar-refractivity contribution in [1.82, 2.24) is 15.2 Å². The molecule has 4 rings (SSSR count). The van der Waals surface area contributed by atoms with Crippen LogP contribution in [0.2, 0.25) is 0 Å². The maximum Gasteiger partial charge on any atom is 0.119 e. The van der Waals surface area contributed by atoms with Crippen molar-refractivity contribution in [3.05, 3.63) is 29.5 Å². The van der Waals surface area contributed by atoms with Crippen LogP contribution in [0.1, 0.15) is 17.7 Å². The van der Waals surface area contributed by atoms with Gasteiger partial charge in [0.2, 0.25) is 0 Å². The summed E-state index contributed by atoms with van der Waals surface area (Å²) in [6, 6.07) is 6.43. The first-order chi connectivity index (χ1) is 9.75. The molecule has 4 heteroatoms. The molecule has 3 heterocycles. The van der Waals surface area contributed by atoms with Gasteiger partial charge in [0.05, 0.1) is 12.6 Å². The highest BCUT2D eigenvalue weighted by molar-refractivity contribution is 5.87. The first-order valence-electron chi connectivity index (χ1n) is 7.37. The fraction of sp³-hybridized carbons (Fsp3) is 0.500. The summed E-state index contributed by atoms with van der Waals surface area (Å²) in [4.78, 5) is 0. The van der Waals surface area contributed by atoms with Crippen molar-refractivity contribution in [2.24, 2.45) is 7.05 Å². The minimum atomic E-state index is 0.120. The smallest absolute Gasteiger partial charge is 0.119 e. The minimum absolute atomic E-state index is 0.120. The van der Waals surface area contributed by atoms with Gasteiger partial charge in [-0.05, 0) is 43.1 Å². The van der Waals surface area contributed by atoms with Crippen molar-refractivity contribution in [3.8, 4) is 5.75 Å². The van der Waals surface area contributed by atoms with Gasteiger partial charge in [-0.3, -0.25) is 0 Å². The Balaban J connectivity index is 2.01. The summed E-state index contributed by atoms with van der Waals surface area (Å²) in [6.07, 6.45) is 2.27. The SMILES string of the molecule is COc1ccc2c(c1)c1c(n2C)C2(CCNC2)NCC1. The third-order valence-corrected chi connectivity index (χ3v) is 4.96. The second-order valence-corrected chi connectivity index (χ2v) is 5.95. The Kier molecular flexibility index (Phi) is 2.59. The van der Waals surface area contributed by atoms with E-state index in [1.54, 1.807) is 7.11 Å². The lowest BCUT2D eigenvalue weighted by molar-refractivity contribution is 0.329. The number of hydrogen-bond donors (Lipinski definition) is 2. The number of nitrogens with one attached hydrogen (secondary N) is 2. The molecule has 106 valence electrons. The molecule has 1 spiro atoms. The molecule has 2 aliphatic rings. The summed E-state index contributed by atoms with van der Waals surface area (Å²) in [5, 5.41) is 8.64. The van der Waals surface area contributed by atoms with E-state index in [1.165, 1.54) is 28.6 Å². The van der Waals surface area contributed by atoms with Gasteiger partial charge in [-0.15, -0.1) is 0 Å². The highest BCUT2D eigenvalue weighted by Gasteiger charge is 2.42. The molecule has 2 N–H and O–H groups in total. The van der Waals surface area contributed by atoms with Gasteiger partial charge in [0.1, 0.15) is 5.75 Å². The van der Waals surface area contributed by atoms with Crippen molar-refractivity contribution < 1.29 is 4.74 Å². The molecule has 0 aliphatic carbocycles.